The Kier molecular flexibility index (Phi) is 5.15. The second-order valence-corrected chi connectivity index (χ2v) is 6.00. The number of fused-ring (bicyclic) bond motifs is 1. The van der Waals surface area contributed by atoms with Gasteiger partial charge in [0.2, 0.25) is 5.82 Å². The SMILES string of the molecule is O=C(N/N=C/c1cccc(Cl)c1Cl)c1nc2ccc([N+](=O)[O-])cc2c(=O)[nH]1. The van der Waals surface area contributed by atoms with Gasteiger partial charge in [-0.1, -0.05) is 35.3 Å². The van der Waals surface area contributed by atoms with Crippen LogP contribution in [0.25, 0.3) is 10.9 Å². The third kappa shape index (κ3) is 3.94. The first-order valence-corrected chi connectivity index (χ1v) is 8.08. The molecule has 136 valence electrons. The Morgan fingerprint density at radius 2 is 2.07 bits per heavy atom. The summed E-state index contributed by atoms with van der Waals surface area (Å²) in [5, 5.41) is 15.1. The largest absolute Gasteiger partial charge is 0.307 e. The summed E-state index contributed by atoms with van der Waals surface area (Å²) < 4.78 is 0. The maximum atomic E-state index is 12.1. The maximum absolute atomic E-state index is 12.1. The number of nitrogens with zero attached hydrogens (tertiary/aromatic N) is 3. The van der Waals surface area contributed by atoms with E-state index >= 15 is 0 Å². The van der Waals surface area contributed by atoms with E-state index in [1.165, 1.54) is 18.3 Å². The lowest BCUT2D eigenvalue weighted by molar-refractivity contribution is -0.384. The van der Waals surface area contributed by atoms with Gasteiger partial charge in [-0.25, -0.2) is 10.4 Å². The number of amides is 1. The number of aromatic nitrogens is 2. The van der Waals surface area contributed by atoms with Gasteiger partial charge in [0.05, 0.1) is 32.1 Å². The molecule has 0 aliphatic carbocycles. The van der Waals surface area contributed by atoms with E-state index in [1.54, 1.807) is 18.2 Å². The van der Waals surface area contributed by atoms with Crippen LogP contribution in [0.5, 0.6) is 0 Å². The molecule has 0 unspecified atom stereocenters. The Balaban J connectivity index is 1.84. The van der Waals surface area contributed by atoms with Crippen LogP contribution in [0.2, 0.25) is 10.0 Å². The Hall–Kier alpha value is -3.30. The highest BCUT2D eigenvalue weighted by atomic mass is 35.5. The lowest BCUT2D eigenvalue weighted by Crippen LogP contribution is -2.24. The van der Waals surface area contributed by atoms with Gasteiger partial charge in [0, 0.05) is 17.7 Å². The third-order valence-electron chi connectivity index (χ3n) is 3.47. The zero-order valence-electron chi connectivity index (χ0n) is 13.3. The van der Waals surface area contributed by atoms with Crippen molar-refractivity contribution in [1.82, 2.24) is 15.4 Å². The molecular weight excluding hydrogens is 397 g/mol. The van der Waals surface area contributed by atoms with Crippen LogP contribution in [0.4, 0.5) is 5.69 Å². The Morgan fingerprint density at radius 1 is 1.30 bits per heavy atom. The number of hydrazone groups is 1. The van der Waals surface area contributed by atoms with E-state index in [0.29, 0.717) is 10.6 Å². The Morgan fingerprint density at radius 3 is 2.81 bits per heavy atom. The van der Waals surface area contributed by atoms with Crippen LogP contribution in [-0.2, 0) is 0 Å². The van der Waals surface area contributed by atoms with Crippen LogP contribution in [0.1, 0.15) is 16.2 Å². The standard InChI is InChI=1S/C16H9Cl2N5O4/c17-11-3-1-2-8(13(11)18)7-19-22-16(25)14-20-12-5-4-9(23(26)27)6-10(12)15(24)21-14/h1-7H,(H,22,25)(H,20,21,24)/b19-7+. The summed E-state index contributed by atoms with van der Waals surface area (Å²) in [6.07, 6.45) is 1.29. The van der Waals surface area contributed by atoms with Crippen molar-refractivity contribution < 1.29 is 9.72 Å². The molecule has 3 aromatic rings. The number of hydrogen-bond acceptors (Lipinski definition) is 6. The smallest absolute Gasteiger partial charge is 0.302 e. The van der Waals surface area contributed by atoms with Crippen LogP contribution in [-0.4, -0.2) is 27.0 Å². The zero-order valence-corrected chi connectivity index (χ0v) is 14.8. The van der Waals surface area contributed by atoms with Crippen molar-refractivity contribution in [2.45, 2.75) is 0 Å². The minimum Gasteiger partial charge on any atom is -0.302 e. The summed E-state index contributed by atoms with van der Waals surface area (Å²) in [6.45, 7) is 0. The molecule has 9 nitrogen and oxygen atoms in total. The molecule has 2 N–H and O–H groups in total. The highest BCUT2D eigenvalue weighted by Crippen LogP contribution is 2.24. The van der Waals surface area contributed by atoms with Crippen molar-refractivity contribution in [2.75, 3.05) is 0 Å². The molecule has 1 amide bonds. The third-order valence-corrected chi connectivity index (χ3v) is 4.30. The molecule has 11 heteroatoms. The van der Waals surface area contributed by atoms with Gasteiger partial charge in [-0.05, 0) is 12.1 Å². The van der Waals surface area contributed by atoms with E-state index in [-0.39, 0.29) is 27.4 Å². The molecule has 27 heavy (non-hydrogen) atoms. The number of H-pyrrole nitrogens is 1. The number of benzene rings is 2. The van der Waals surface area contributed by atoms with Crippen LogP contribution < -0.4 is 11.0 Å². The van der Waals surface area contributed by atoms with Crippen molar-refractivity contribution in [1.29, 1.82) is 0 Å². The molecule has 0 aliphatic rings. The average Bonchev–Trinajstić information content (AvgIpc) is 2.64. The van der Waals surface area contributed by atoms with Gasteiger partial charge in [-0.3, -0.25) is 19.7 Å². The van der Waals surface area contributed by atoms with Gasteiger partial charge >= 0.3 is 5.91 Å². The second-order valence-electron chi connectivity index (χ2n) is 5.22. The number of nitro benzene ring substituents is 1. The summed E-state index contributed by atoms with van der Waals surface area (Å²) in [5.74, 6) is -1.07. The molecule has 0 atom stereocenters. The summed E-state index contributed by atoms with van der Waals surface area (Å²) in [5.41, 5.74) is 1.88. The average molecular weight is 406 g/mol. The molecule has 0 fully saturated rings. The fraction of sp³-hybridized carbons (Fsp3) is 0. The number of aromatic amines is 1. The van der Waals surface area contributed by atoms with E-state index in [4.69, 9.17) is 23.2 Å². The zero-order chi connectivity index (χ0) is 19.6. The number of nitro groups is 1. The van der Waals surface area contributed by atoms with Gasteiger partial charge in [0.25, 0.3) is 11.2 Å². The van der Waals surface area contributed by atoms with Gasteiger partial charge < -0.3 is 4.98 Å². The first kappa shape index (κ1) is 18.5. The van der Waals surface area contributed by atoms with Crippen LogP contribution >= 0.6 is 23.2 Å². The predicted molar refractivity (Wildman–Crippen MR) is 101 cm³/mol. The van der Waals surface area contributed by atoms with Crippen LogP contribution in [0, 0.1) is 10.1 Å². The highest BCUT2D eigenvalue weighted by Gasteiger charge is 2.14. The molecule has 0 bridgehead atoms. The molecule has 0 aliphatic heterocycles. The molecule has 1 heterocycles. The number of nitrogens with one attached hydrogen (secondary N) is 2. The van der Waals surface area contributed by atoms with E-state index in [1.807, 2.05) is 0 Å². The van der Waals surface area contributed by atoms with Gasteiger partial charge in [-0.2, -0.15) is 5.10 Å². The lowest BCUT2D eigenvalue weighted by atomic mass is 10.2. The molecular formula is C16H9Cl2N5O4. The minimum absolute atomic E-state index is 0.00467. The van der Waals surface area contributed by atoms with Crippen LogP contribution in [0.15, 0.2) is 46.3 Å². The Bertz CT molecular complexity index is 1160. The topological polar surface area (TPSA) is 130 Å². The number of non-ortho nitro benzene ring substituents is 1. The molecule has 0 saturated heterocycles. The first-order chi connectivity index (χ1) is 12.9. The van der Waals surface area contributed by atoms with Crippen molar-refractivity contribution in [2.24, 2.45) is 5.10 Å². The molecule has 3 rings (SSSR count). The summed E-state index contributed by atoms with van der Waals surface area (Å²) in [6, 6.07) is 8.48. The van der Waals surface area contributed by atoms with E-state index in [9.17, 15) is 19.7 Å². The number of carbonyl (C=O) groups is 1. The summed E-state index contributed by atoms with van der Waals surface area (Å²) in [7, 11) is 0. The molecule has 2 aromatic carbocycles. The molecule has 0 radical (unpaired) electrons. The first-order valence-electron chi connectivity index (χ1n) is 7.32. The monoisotopic (exact) mass is 405 g/mol. The number of hydrogen-bond donors (Lipinski definition) is 2. The number of halogens is 2. The van der Waals surface area contributed by atoms with Gasteiger partial charge in [0.1, 0.15) is 0 Å². The van der Waals surface area contributed by atoms with Crippen molar-refractivity contribution in [3.8, 4) is 0 Å². The number of carbonyl (C=O) groups excluding carboxylic acids is 1. The predicted octanol–water partition coefficient (Wildman–Crippen LogP) is 2.90. The van der Waals surface area contributed by atoms with E-state index < -0.39 is 16.4 Å². The summed E-state index contributed by atoms with van der Waals surface area (Å²) in [4.78, 5) is 40.6. The van der Waals surface area contributed by atoms with Gasteiger partial charge in [-0.15, -0.1) is 0 Å². The summed E-state index contributed by atoms with van der Waals surface area (Å²) >= 11 is 11.9. The molecule has 1 aromatic heterocycles. The van der Waals surface area contributed by atoms with Crippen molar-refractivity contribution in [3.05, 3.63) is 78.3 Å². The number of rotatable bonds is 4. The molecule has 0 saturated carbocycles. The van der Waals surface area contributed by atoms with E-state index in [2.05, 4.69) is 20.5 Å². The highest BCUT2D eigenvalue weighted by molar-refractivity contribution is 6.43. The van der Waals surface area contributed by atoms with Crippen molar-refractivity contribution >= 4 is 51.9 Å². The van der Waals surface area contributed by atoms with Crippen molar-refractivity contribution in [3.63, 3.8) is 0 Å². The minimum atomic E-state index is -0.776. The normalized spacial score (nSPS) is 11.0. The fourth-order valence-corrected chi connectivity index (χ4v) is 2.54. The second kappa shape index (κ2) is 7.52. The van der Waals surface area contributed by atoms with Gasteiger partial charge in [0.15, 0.2) is 0 Å². The fourth-order valence-electron chi connectivity index (χ4n) is 2.18. The lowest BCUT2D eigenvalue weighted by Gasteiger charge is -2.02. The molecule has 0 spiro atoms. The maximum Gasteiger partial charge on any atom is 0.307 e. The quantitative estimate of drug-likeness (QED) is 0.391. The van der Waals surface area contributed by atoms with Crippen LogP contribution in [0.3, 0.4) is 0 Å². The Labute approximate surface area is 160 Å². The van der Waals surface area contributed by atoms with E-state index in [0.717, 1.165) is 6.07 Å².